The first kappa shape index (κ1) is 22.7. The van der Waals surface area contributed by atoms with E-state index in [4.69, 9.17) is 0 Å². The van der Waals surface area contributed by atoms with Gasteiger partial charge in [-0.15, -0.1) is 35.3 Å². The molecule has 0 fully saturated rings. The lowest BCUT2D eigenvalue weighted by atomic mass is 10.3. The van der Waals surface area contributed by atoms with Gasteiger partial charge in [-0.3, -0.25) is 4.99 Å². The first-order valence-corrected chi connectivity index (χ1v) is 9.37. The Morgan fingerprint density at radius 3 is 2.39 bits per heavy atom. The fourth-order valence-electron chi connectivity index (χ4n) is 2.46. The maximum atomic E-state index is 4.28. The zero-order valence-corrected chi connectivity index (χ0v) is 18.0. The molecular weight excluding hydrogens is 419 g/mol. The summed E-state index contributed by atoms with van der Waals surface area (Å²) in [6.07, 6.45) is 4.68. The summed E-state index contributed by atoms with van der Waals surface area (Å²) in [5, 5.41) is 8.91. The summed E-state index contributed by atoms with van der Waals surface area (Å²) >= 11 is 1.81. The molecule has 4 nitrogen and oxygen atoms in total. The summed E-state index contributed by atoms with van der Waals surface area (Å²) in [5.74, 6) is 0.911. The largest absolute Gasteiger partial charge is 0.356 e. The SMILES string of the molecule is CCCN(CCC)CCCNC(=NC)NCCc1cccs1.I. The number of hydrogen-bond acceptors (Lipinski definition) is 3. The van der Waals surface area contributed by atoms with Crippen molar-refractivity contribution in [3.63, 3.8) is 0 Å². The minimum absolute atomic E-state index is 0. The van der Waals surface area contributed by atoms with E-state index in [0.717, 1.165) is 31.9 Å². The second-order valence-corrected chi connectivity index (χ2v) is 6.48. The van der Waals surface area contributed by atoms with Gasteiger partial charge in [0.15, 0.2) is 5.96 Å². The molecule has 134 valence electrons. The smallest absolute Gasteiger partial charge is 0.190 e. The summed E-state index contributed by atoms with van der Waals surface area (Å²) in [4.78, 5) is 8.25. The minimum Gasteiger partial charge on any atom is -0.356 e. The number of nitrogens with zero attached hydrogens (tertiary/aromatic N) is 2. The van der Waals surface area contributed by atoms with Crippen molar-refractivity contribution in [2.75, 3.05) is 39.8 Å². The van der Waals surface area contributed by atoms with Crippen LogP contribution in [0.3, 0.4) is 0 Å². The zero-order valence-electron chi connectivity index (χ0n) is 14.8. The van der Waals surface area contributed by atoms with Gasteiger partial charge in [0.25, 0.3) is 0 Å². The van der Waals surface area contributed by atoms with Crippen molar-refractivity contribution >= 4 is 41.3 Å². The van der Waals surface area contributed by atoms with Crippen LogP contribution < -0.4 is 10.6 Å². The van der Waals surface area contributed by atoms with E-state index in [2.05, 4.69) is 51.9 Å². The minimum atomic E-state index is 0. The third-order valence-electron chi connectivity index (χ3n) is 3.49. The van der Waals surface area contributed by atoms with E-state index >= 15 is 0 Å². The molecule has 0 unspecified atom stereocenters. The number of thiophene rings is 1. The van der Waals surface area contributed by atoms with Crippen molar-refractivity contribution in [1.29, 1.82) is 0 Å². The number of halogens is 1. The molecule has 1 heterocycles. The Labute approximate surface area is 163 Å². The van der Waals surface area contributed by atoms with Gasteiger partial charge in [0.1, 0.15) is 0 Å². The van der Waals surface area contributed by atoms with Crippen molar-refractivity contribution in [1.82, 2.24) is 15.5 Å². The average Bonchev–Trinajstić information content (AvgIpc) is 3.03. The number of rotatable bonds is 11. The standard InChI is InChI=1S/C17H32N4S.HI/c1-4-12-21(13-5-2)14-7-10-19-17(18-3)20-11-9-16-8-6-15-22-16;/h6,8,15H,4-5,7,9-14H2,1-3H3,(H2,18,19,20);1H. The summed E-state index contributed by atoms with van der Waals surface area (Å²) in [5.41, 5.74) is 0. The Kier molecular flexibility index (Phi) is 15.0. The first-order chi connectivity index (χ1) is 10.8. The third kappa shape index (κ3) is 10.9. The molecule has 1 aromatic rings. The molecule has 6 heteroatoms. The Bertz CT molecular complexity index is 389. The van der Waals surface area contributed by atoms with Gasteiger partial charge < -0.3 is 15.5 Å². The van der Waals surface area contributed by atoms with Gasteiger partial charge in [-0.05, 0) is 56.8 Å². The maximum absolute atomic E-state index is 4.28. The molecule has 0 spiro atoms. The second-order valence-electron chi connectivity index (χ2n) is 5.45. The zero-order chi connectivity index (χ0) is 16.0. The highest BCUT2D eigenvalue weighted by atomic mass is 127. The van der Waals surface area contributed by atoms with Gasteiger partial charge in [-0.1, -0.05) is 19.9 Å². The molecule has 2 N–H and O–H groups in total. The van der Waals surface area contributed by atoms with Gasteiger partial charge in [-0.25, -0.2) is 0 Å². The molecule has 23 heavy (non-hydrogen) atoms. The summed E-state index contributed by atoms with van der Waals surface area (Å²) in [7, 11) is 1.83. The molecule has 0 radical (unpaired) electrons. The van der Waals surface area contributed by atoms with Crippen LogP contribution in [0.5, 0.6) is 0 Å². The van der Waals surface area contributed by atoms with Crippen molar-refractivity contribution in [3.05, 3.63) is 22.4 Å². The molecule has 0 amide bonds. The lowest BCUT2D eigenvalue weighted by Gasteiger charge is -2.21. The molecule has 0 saturated heterocycles. The summed E-state index contributed by atoms with van der Waals surface area (Å²) in [6.45, 7) is 9.99. The maximum Gasteiger partial charge on any atom is 0.190 e. The lowest BCUT2D eigenvalue weighted by Crippen LogP contribution is -2.39. The lowest BCUT2D eigenvalue weighted by molar-refractivity contribution is 0.271. The second kappa shape index (κ2) is 15.2. The number of guanidine groups is 1. The molecule has 0 aliphatic carbocycles. The third-order valence-corrected chi connectivity index (χ3v) is 4.43. The van der Waals surface area contributed by atoms with Crippen molar-refractivity contribution in [2.45, 2.75) is 39.5 Å². The van der Waals surface area contributed by atoms with Crippen molar-refractivity contribution in [2.24, 2.45) is 4.99 Å². The van der Waals surface area contributed by atoms with Gasteiger partial charge in [0.05, 0.1) is 0 Å². The number of nitrogens with one attached hydrogen (secondary N) is 2. The van der Waals surface area contributed by atoms with Crippen LogP contribution in [0.15, 0.2) is 22.5 Å². The van der Waals surface area contributed by atoms with E-state index in [9.17, 15) is 0 Å². The fraction of sp³-hybridized carbons (Fsp3) is 0.706. The quantitative estimate of drug-likeness (QED) is 0.233. The highest BCUT2D eigenvalue weighted by molar-refractivity contribution is 14.0. The normalized spacial score (nSPS) is 11.4. The average molecular weight is 452 g/mol. The van der Waals surface area contributed by atoms with Crippen molar-refractivity contribution < 1.29 is 0 Å². The van der Waals surface area contributed by atoms with Gasteiger partial charge in [0, 0.05) is 25.0 Å². The molecule has 0 aliphatic rings. The summed E-state index contributed by atoms with van der Waals surface area (Å²) in [6, 6.07) is 4.28. The Balaban J connectivity index is 0.00000484. The van der Waals surface area contributed by atoms with Gasteiger partial charge >= 0.3 is 0 Å². The predicted octanol–water partition coefficient (Wildman–Crippen LogP) is 3.59. The molecular formula is C17H33IN4S. The van der Waals surface area contributed by atoms with Gasteiger partial charge in [-0.2, -0.15) is 0 Å². The van der Waals surface area contributed by atoms with Crippen LogP contribution in [0.2, 0.25) is 0 Å². The van der Waals surface area contributed by atoms with E-state index in [0.29, 0.717) is 0 Å². The topological polar surface area (TPSA) is 39.7 Å². The Morgan fingerprint density at radius 1 is 1.13 bits per heavy atom. The monoisotopic (exact) mass is 452 g/mol. The van der Waals surface area contributed by atoms with E-state index in [1.165, 1.54) is 37.4 Å². The van der Waals surface area contributed by atoms with Crippen LogP contribution in [-0.4, -0.2) is 50.6 Å². The van der Waals surface area contributed by atoms with Crippen LogP contribution in [0.1, 0.15) is 38.0 Å². The highest BCUT2D eigenvalue weighted by Crippen LogP contribution is 2.07. The predicted molar refractivity (Wildman–Crippen MR) is 114 cm³/mol. The van der Waals surface area contributed by atoms with E-state index < -0.39 is 0 Å². The van der Waals surface area contributed by atoms with Crippen LogP contribution in [0.25, 0.3) is 0 Å². The number of aliphatic imine (C=N–C) groups is 1. The molecule has 1 aromatic heterocycles. The Hall–Kier alpha value is -0.340. The van der Waals surface area contributed by atoms with Gasteiger partial charge in [0.2, 0.25) is 0 Å². The van der Waals surface area contributed by atoms with E-state index in [1.807, 2.05) is 18.4 Å². The highest BCUT2D eigenvalue weighted by Gasteiger charge is 2.02. The Morgan fingerprint density at radius 2 is 1.83 bits per heavy atom. The summed E-state index contributed by atoms with van der Waals surface area (Å²) < 4.78 is 0. The van der Waals surface area contributed by atoms with E-state index in [-0.39, 0.29) is 24.0 Å². The molecule has 0 aromatic carbocycles. The van der Waals surface area contributed by atoms with Crippen LogP contribution in [-0.2, 0) is 6.42 Å². The molecule has 0 saturated carbocycles. The van der Waals surface area contributed by atoms with Crippen LogP contribution in [0, 0.1) is 0 Å². The fourth-order valence-corrected chi connectivity index (χ4v) is 3.17. The van der Waals surface area contributed by atoms with Crippen LogP contribution >= 0.6 is 35.3 Å². The van der Waals surface area contributed by atoms with Crippen LogP contribution in [0.4, 0.5) is 0 Å². The first-order valence-electron chi connectivity index (χ1n) is 8.49. The molecule has 0 bridgehead atoms. The molecule has 0 aliphatic heterocycles. The van der Waals surface area contributed by atoms with E-state index in [1.54, 1.807) is 0 Å². The number of hydrogen-bond donors (Lipinski definition) is 2. The molecule has 0 atom stereocenters. The molecule has 1 rings (SSSR count). The van der Waals surface area contributed by atoms with Crippen molar-refractivity contribution in [3.8, 4) is 0 Å².